The van der Waals surface area contributed by atoms with Crippen LogP contribution in [0.3, 0.4) is 0 Å². The zero-order chi connectivity index (χ0) is 13.3. The van der Waals surface area contributed by atoms with Crippen molar-refractivity contribution in [1.82, 2.24) is 5.32 Å². The van der Waals surface area contributed by atoms with Gasteiger partial charge in [-0.25, -0.2) is 0 Å². The van der Waals surface area contributed by atoms with E-state index in [0.717, 1.165) is 37.8 Å². The van der Waals surface area contributed by atoms with Gasteiger partial charge in [0.05, 0.1) is 0 Å². The first-order chi connectivity index (χ1) is 8.70. The zero-order valence-electron chi connectivity index (χ0n) is 12.1. The maximum atomic E-state index is 5.53. The molecule has 0 aromatic rings. The zero-order valence-corrected chi connectivity index (χ0v) is 12.9. The van der Waals surface area contributed by atoms with Crippen LogP contribution in [0.2, 0.25) is 0 Å². The van der Waals surface area contributed by atoms with Gasteiger partial charge >= 0.3 is 0 Å². The second-order valence-electron chi connectivity index (χ2n) is 5.14. The third-order valence-electron chi connectivity index (χ3n) is 3.43. The largest absolute Gasteiger partial charge is 0.381 e. The number of ether oxygens (including phenoxy) is 1. The quantitative estimate of drug-likeness (QED) is 0.687. The molecule has 106 valence electrons. The molecule has 1 atom stereocenters. The third kappa shape index (κ3) is 6.10. The van der Waals surface area contributed by atoms with Gasteiger partial charge in [0.1, 0.15) is 0 Å². The highest BCUT2D eigenvalue weighted by atomic mass is 32.2. The summed E-state index contributed by atoms with van der Waals surface area (Å²) in [7, 11) is 0. The van der Waals surface area contributed by atoms with Crippen LogP contribution >= 0.6 is 11.8 Å². The van der Waals surface area contributed by atoms with Crippen LogP contribution in [0, 0.1) is 0 Å². The van der Waals surface area contributed by atoms with Gasteiger partial charge in [0, 0.05) is 31.1 Å². The van der Waals surface area contributed by atoms with Crippen molar-refractivity contribution >= 4 is 16.9 Å². The van der Waals surface area contributed by atoms with Crippen LogP contribution in [-0.2, 0) is 4.74 Å². The number of aliphatic imine (C=N–C) groups is 1. The Bertz CT molecular complexity index is 258. The number of nitrogens with one attached hydrogen (secondary N) is 1. The van der Waals surface area contributed by atoms with Crippen LogP contribution in [-0.4, -0.2) is 36.2 Å². The topological polar surface area (TPSA) is 33.6 Å². The van der Waals surface area contributed by atoms with Gasteiger partial charge in [-0.3, -0.25) is 4.99 Å². The Hall–Kier alpha value is -0.220. The number of thioether (sulfide) groups is 1. The summed E-state index contributed by atoms with van der Waals surface area (Å²) in [6, 6.07) is 0. The first-order valence-corrected chi connectivity index (χ1v) is 8.22. The van der Waals surface area contributed by atoms with E-state index >= 15 is 0 Å². The molecule has 18 heavy (non-hydrogen) atoms. The molecule has 0 radical (unpaired) electrons. The van der Waals surface area contributed by atoms with E-state index in [2.05, 4.69) is 31.1 Å². The van der Waals surface area contributed by atoms with E-state index in [1.165, 1.54) is 25.0 Å². The lowest BCUT2D eigenvalue weighted by molar-refractivity contribution is 0.130. The fourth-order valence-corrected chi connectivity index (χ4v) is 3.02. The lowest BCUT2D eigenvalue weighted by Crippen LogP contribution is -2.48. The molecule has 1 fully saturated rings. The number of rotatable bonds is 8. The van der Waals surface area contributed by atoms with Crippen molar-refractivity contribution in [2.75, 3.05) is 25.5 Å². The molecule has 1 aliphatic heterocycles. The van der Waals surface area contributed by atoms with Gasteiger partial charge in [0.2, 0.25) is 0 Å². The Morgan fingerprint density at radius 2 is 2.11 bits per heavy atom. The molecule has 1 saturated heterocycles. The molecule has 1 aliphatic rings. The Morgan fingerprint density at radius 3 is 2.83 bits per heavy atom. The second kappa shape index (κ2) is 8.81. The maximum absolute atomic E-state index is 5.53. The minimum absolute atomic E-state index is 0.252. The van der Waals surface area contributed by atoms with Gasteiger partial charge in [-0.1, -0.05) is 32.0 Å². The molecule has 0 amide bonds. The van der Waals surface area contributed by atoms with Gasteiger partial charge in [-0.15, -0.1) is 0 Å². The van der Waals surface area contributed by atoms with Gasteiger partial charge < -0.3 is 10.1 Å². The van der Waals surface area contributed by atoms with E-state index < -0.39 is 0 Å². The van der Waals surface area contributed by atoms with Crippen LogP contribution in [0.25, 0.3) is 0 Å². The fraction of sp³-hybridized carbons (Fsp3) is 0.929. The molecule has 4 heteroatoms. The maximum Gasteiger partial charge on any atom is 0.156 e. The number of hydrogen-bond acceptors (Lipinski definition) is 3. The molecular formula is C14H28N2OS. The molecule has 1 unspecified atom stereocenters. The summed E-state index contributed by atoms with van der Waals surface area (Å²) < 4.78 is 5.53. The molecule has 0 bridgehead atoms. The van der Waals surface area contributed by atoms with E-state index in [9.17, 15) is 0 Å². The molecule has 1 rings (SSSR count). The molecule has 0 spiro atoms. The Labute approximate surface area is 116 Å². The van der Waals surface area contributed by atoms with Crippen LogP contribution in [0.5, 0.6) is 0 Å². The first-order valence-electron chi connectivity index (χ1n) is 7.23. The van der Waals surface area contributed by atoms with E-state index in [1.807, 2.05) is 11.8 Å². The Balaban J connectivity index is 2.14. The van der Waals surface area contributed by atoms with Gasteiger partial charge in [0.15, 0.2) is 5.17 Å². The smallest absolute Gasteiger partial charge is 0.156 e. The minimum atomic E-state index is 0.252. The molecule has 3 nitrogen and oxygen atoms in total. The molecule has 1 heterocycles. The summed E-state index contributed by atoms with van der Waals surface area (Å²) in [6.45, 7) is 9.33. The summed E-state index contributed by atoms with van der Waals surface area (Å²) in [5.41, 5.74) is 0.252. The summed E-state index contributed by atoms with van der Waals surface area (Å²) in [6.07, 6.45) is 5.79. The van der Waals surface area contributed by atoms with Crippen LogP contribution < -0.4 is 5.32 Å². The Kier molecular flexibility index (Phi) is 7.75. The van der Waals surface area contributed by atoms with Crippen molar-refractivity contribution < 1.29 is 4.74 Å². The number of unbranched alkanes of at least 4 members (excludes halogenated alkanes) is 1. The molecular weight excluding hydrogens is 244 g/mol. The lowest BCUT2D eigenvalue weighted by Gasteiger charge is -2.35. The van der Waals surface area contributed by atoms with Crippen molar-refractivity contribution in [2.24, 2.45) is 4.99 Å². The molecule has 0 aromatic heterocycles. The first kappa shape index (κ1) is 15.8. The standard InChI is InChI=1S/C14H28N2OS/c1-4-6-10-17-11-7-9-15-13-16-14(3,5-2)8-12-18-13/h4-12H2,1-3H3,(H,15,16). The summed E-state index contributed by atoms with van der Waals surface area (Å²) in [5.74, 6) is 1.18. The summed E-state index contributed by atoms with van der Waals surface area (Å²) in [5, 5.41) is 4.69. The van der Waals surface area contributed by atoms with Gasteiger partial charge in [-0.05, 0) is 32.6 Å². The van der Waals surface area contributed by atoms with Crippen molar-refractivity contribution in [1.29, 1.82) is 0 Å². The lowest BCUT2D eigenvalue weighted by atomic mass is 9.96. The summed E-state index contributed by atoms with van der Waals surface area (Å²) >= 11 is 1.85. The van der Waals surface area contributed by atoms with E-state index in [-0.39, 0.29) is 5.54 Å². The predicted octanol–water partition coefficient (Wildman–Crippen LogP) is 3.44. The number of hydrogen-bond donors (Lipinski definition) is 1. The molecule has 0 saturated carbocycles. The molecule has 1 N–H and O–H groups in total. The van der Waals surface area contributed by atoms with Crippen molar-refractivity contribution in [3.8, 4) is 0 Å². The Morgan fingerprint density at radius 1 is 1.33 bits per heavy atom. The van der Waals surface area contributed by atoms with Crippen molar-refractivity contribution in [2.45, 2.75) is 58.4 Å². The average molecular weight is 272 g/mol. The van der Waals surface area contributed by atoms with Crippen LogP contribution in [0.15, 0.2) is 4.99 Å². The van der Waals surface area contributed by atoms with E-state index in [1.54, 1.807) is 0 Å². The summed E-state index contributed by atoms with van der Waals surface area (Å²) in [4.78, 5) is 4.63. The monoisotopic (exact) mass is 272 g/mol. The minimum Gasteiger partial charge on any atom is -0.381 e. The van der Waals surface area contributed by atoms with Gasteiger partial charge in [-0.2, -0.15) is 0 Å². The van der Waals surface area contributed by atoms with Crippen molar-refractivity contribution in [3.63, 3.8) is 0 Å². The second-order valence-corrected chi connectivity index (χ2v) is 6.23. The normalized spacial score (nSPS) is 26.3. The molecule has 0 aromatic carbocycles. The predicted molar refractivity (Wildman–Crippen MR) is 81.6 cm³/mol. The van der Waals surface area contributed by atoms with Crippen LogP contribution in [0.1, 0.15) is 52.9 Å². The number of amidine groups is 1. The molecule has 0 aliphatic carbocycles. The van der Waals surface area contributed by atoms with Crippen LogP contribution in [0.4, 0.5) is 0 Å². The average Bonchev–Trinajstić information content (AvgIpc) is 2.38. The van der Waals surface area contributed by atoms with Crippen molar-refractivity contribution in [3.05, 3.63) is 0 Å². The highest BCUT2D eigenvalue weighted by Crippen LogP contribution is 2.24. The fourth-order valence-electron chi connectivity index (χ4n) is 1.78. The van der Waals surface area contributed by atoms with Gasteiger partial charge in [0.25, 0.3) is 0 Å². The third-order valence-corrected chi connectivity index (χ3v) is 4.34. The van der Waals surface area contributed by atoms with E-state index in [0.29, 0.717) is 0 Å². The number of nitrogens with zero attached hydrogens (tertiary/aromatic N) is 1. The SMILES string of the molecule is CCCCOCCCN=C1NC(C)(CC)CCS1. The highest BCUT2D eigenvalue weighted by Gasteiger charge is 2.27. The highest BCUT2D eigenvalue weighted by molar-refractivity contribution is 8.13. The van der Waals surface area contributed by atoms with E-state index in [4.69, 9.17) is 4.74 Å².